The molecule has 0 radical (unpaired) electrons. The van der Waals surface area contributed by atoms with Crippen molar-refractivity contribution in [3.63, 3.8) is 0 Å². The van der Waals surface area contributed by atoms with Crippen LogP contribution in [0.25, 0.3) is 0 Å². The molecule has 68 valence electrons. The van der Waals surface area contributed by atoms with Crippen molar-refractivity contribution in [2.75, 3.05) is 0 Å². The molecule has 0 saturated carbocycles. The Morgan fingerprint density at radius 3 is 1.77 bits per heavy atom. The number of allylic oxidation sites excluding steroid dienone is 2. The van der Waals surface area contributed by atoms with E-state index in [9.17, 15) is 0 Å². The molecule has 0 rings (SSSR count). The zero-order chi connectivity index (χ0) is 10.3. The smallest absolute Gasteiger partial charge is 0.205 e. The molecule has 5 heteroatoms. The highest BCUT2D eigenvalue weighted by Gasteiger charge is 2.27. The molecule has 0 aliphatic carbocycles. The Morgan fingerprint density at radius 2 is 1.62 bits per heavy atom. The van der Waals surface area contributed by atoms with Gasteiger partial charge >= 0.3 is 0 Å². The molecule has 0 amide bonds. The minimum Gasteiger partial charge on any atom is -0.464 e. The van der Waals surface area contributed by atoms with Gasteiger partial charge in [-0.25, -0.2) is 0 Å². The van der Waals surface area contributed by atoms with E-state index in [1.807, 2.05) is 0 Å². The molecule has 0 aromatic carbocycles. The van der Waals surface area contributed by atoms with Crippen LogP contribution in [-0.4, -0.2) is 19.5 Å². The molecule has 0 fully saturated rings. The second kappa shape index (κ2) is 6.38. The third kappa shape index (κ3) is 3.00. The summed E-state index contributed by atoms with van der Waals surface area (Å²) in [5.41, 5.74) is -0.611. The molecule has 0 aliphatic rings. The maximum Gasteiger partial charge on any atom is 0.205 e. The highest BCUT2D eigenvalue weighted by atomic mass is 28.3. The predicted octanol–water partition coefficient (Wildman–Crippen LogP) is 0.167. The largest absolute Gasteiger partial charge is 0.464 e. The van der Waals surface area contributed by atoms with Crippen LogP contribution in [0.5, 0.6) is 0 Å². The fourth-order valence-electron chi connectivity index (χ4n) is 1.04. The molecule has 0 heterocycles. The zero-order valence-electron chi connectivity index (χ0n) is 7.60. The topological polar surface area (TPSA) is 56.8 Å². The second-order valence-corrected chi connectivity index (χ2v) is 6.73. The molecule has 0 bridgehead atoms. The maximum atomic E-state index is 8.77. The lowest BCUT2D eigenvalue weighted by molar-refractivity contribution is 0.619. The van der Waals surface area contributed by atoms with Gasteiger partial charge in [0.15, 0.2) is 0 Å². The van der Waals surface area contributed by atoms with Crippen molar-refractivity contribution < 1.29 is 4.12 Å². The van der Waals surface area contributed by atoms with E-state index in [4.69, 9.17) is 14.6 Å². The lowest BCUT2D eigenvalue weighted by atomic mass is 10.4. The van der Waals surface area contributed by atoms with E-state index in [0.29, 0.717) is 10.5 Å². The van der Waals surface area contributed by atoms with Crippen LogP contribution in [0.15, 0.2) is 25.3 Å². The van der Waals surface area contributed by atoms with Crippen LogP contribution >= 0.6 is 0 Å². The average Bonchev–Trinajstić information content (AvgIpc) is 2.18. The van der Waals surface area contributed by atoms with Gasteiger partial charge in [-0.3, -0.25) is 0 Å². The van der Waals surface area contributed by atoms with Gasteiger partial charge in [-0.05, 0) is 0 Å². The normalized spacial score (nSPS) is 16.2. The monoisotopic (exact) mass is 208 g/mol. The van der Waals surface area contributed by atoms with Gasteiger partial charge < -0.3 is 4.12 Å². The van der Waals surface area contributed by atoms with Crippen LogP contribution in [0.4, 0.5) is 0 Å². The predicted molar refractivity (Wildman–Crippen MR) is 57.3 cm³/mol. The van der Waals surface area contributed by atoms with E-state index < -0.39 is 9.04 Å². The van der Waals surface area contributed by atoms with Crippen LogP contribution < -0.4 is 0 Å². The number of nitrogens with zero attached hydrogens (tertiary/aromatic N) is 2. The first-order chi connectivity index (χ1) is 6.24. The number of hydrogen-bond acceptors (Lipinski definition) is 3. The lowest BCUT2D eigenvalue weighted by Gasteiger charge is -2.18. The number of nitriles is 2. The molecule has 13 heavy (non-hydrogen) atoms. The zero-order valence-corrected chi connectivity index (χ0v) is 10.8. The summed E-state index contributed by atoms with van der Waals surface area (Å²) in [6.07, 6.45) is 3.12. The molecule has 2 unspecified atom stereocenters. The molecule has 0 saturated heterocycles. The van der Waals surface area contributed by atoms with Gasteiger partial charge in [0.05, 0.1) is 23.2 Å². The third-order valence-corrected chi connectivity index (χ3v) is 6.22. The second-order valence-electron chi connectivity index (χ2n) is 2.48. The van der Waals surface area contributed by atoms with Crippen molar-refractivity contribution in [1.82, 2.24) is 0 Å². The van der Waals surface area contributed by atoms with Crippen molar-refractivity contribution in [2.45, 2.75) is 11.1 Å². The van der Waals surface area contributed by atoms with E-state index in [1.165, 1.54) is 0 Å². The molecule has 0 N–H and O–H groups in total. The Balaban J connectivity index is 4.68. The SMILES string of the molecule is C=CC(C#N)[SiH](O[SiH3])C(C#N)C=C. The minimum atomic E-state index is -1.84. The standard InChI is InChI=1S/C8H12N2OSi2/c1-3-7(5-9)13(11-12)8(4-2)6-10/h3-4,7-8,13H,1-2H2,12H3. The van der Waals surface area contributed by atoms with Crippen LogP contribution in [0, 0.1) is 22.7 Å². The average molecular weight is 208 g/mol. The summed E-state index contributed by atoms with van der Waals surface area (Å²) < 4.78 is 5.33. The number of rotatable bonds is 5. The lowest BCUT2D eigenvalue weighted by Crippen LogP contribution is -2.26. The molecular formula is C8H12N2OSi2. The Labute approximate surface area is 83.2 Å². The van der Waals surface area contributed by atoms with Gasteiger partial charge in [-0.2, -0.15) is 10.5 Å². The summed E-state index contributed by atoms with van der Waals surface area (Å²) in [5, 5.41) is 17.5. The Kier molecular flexibility index (Phi) is 5.82. The minimum absolute atomic E-state index is 0.305. The van der Waals surface area contributed by atoms with Crippen LogP contribution in [0.1, 0.15) is 0 Å². The van der Waals surface area contributed by atoms with E-state index in [2.05, 4.69) is 25.3 Å². The summed E-state index contributed by atoms with van der Waals surface area (Å²) in [7, 11) is -1.29. The highest BCUT2D eigenvalue weighted by molar-refractivity contribution is 6.61. The van der Waals surface area contributed by atoms with Crippen molar-refractivity contribution in [1.29, 1.82) is 10.5 Å². The van der Waals surface area contributed by atoms with Crippen molar-refractivity contribution in [3.05, 3.63) is 25.3 Å². The fraction of sp³-hybridized carbons (Fsp3) is 0.250. The summed E-state index contributed by atoms with van der Waals surface area (Å²) in [4.78, 5) is 0. The molecule has 0 spiro atoms. The van der Waals surface area contributed by atoms with Crippen molar-refractivity contribution in [2.24, 2.45) is 0 Å². The first-order valence-electron chi connectivity index (χ1n) is 3.82. The first-order valence-corrected chi connectivity index (χ1v) is 6.44. The van der Waals surface area contributed by atoms with Crippen LogP contribution in [0.3, 0.4) is 0 Å². The molecule has 3 nitrogen and oxygen atoms in total. The molecular weight excluding hydrogens is 196 g/mol. The van der Waals surface area contributed by atoms with Crippen molar-refractivity contribution >= 4 is 19.5 Å². The summed E-state index contributed by atoms with van der Waals surface area (Å²) in [6.45, 7) is 7.11. The van der Waals surface area contributed by atoms with Gasteiger partial charge in [0.25, 0.3) is 0 Å². The summed E-state index contributed by atoms with van der Waals surface area (Å²) in [6, 6.07) is 4.19. The molecule has 0 aliphatic heterocycles. The fourth-order valence-corrected chi connectivity index (χ4v) is 4.66. The maximum absolute atomic E-state index is 8.77. The molecule has 0 aromatic heterocycles. The molecule has 0 aromatic rings. The molecule has 2 atom stereocenters. The summed E-state index contributed by atoms with van der Waals surface area (Å²) in [5.74, 6) is 0. The van der Waals surface area contributed by atoms with Gasteiger partial charge in [-0.15, -0.1) is 13.2 Å². The first kappa shape index (κ1) is 11.9. The van der Waals surface area contributed by atoms with E-state index in [1.54, 1.807) is 12.2 Å². The summed E-state index contributed by atoms with van der Waals surface area (Å²) >= 11 is 0. The Morgan fingerprint density at radius 1 is 1.23 bits per heavy atom. The van der Waals surface area contributed by atoms with Gasteiger partial charge in [-0.1, -0.05) is 12.2 Å². The third-order valence-electron chi connectivity index (χ3n) is 1.79. The van der Waals surface area contributed by atoms with E-state index >= 15 is 0 Å². The van der Waals surface area contributed by atoms with Crippen LogP contribution in [-0.2, 0) is 4.12 Å². The van der Waals surface area contributed by atoms with Gasteiger partial charge in [0, 0.05) is 0 Å². The quantitative estimate of drug-likeness (QED) is 0.478. The van der Waals surface area contributed by atoms with Gasteiger partial charge in [0.1, 0.15) is 10.5 Å². The Bertz CT molecular complexity index is 240. The highest BCUT2D eigenvalue weighted by Crippen LogP contribution is 2.22. The van der Waals surface area contributed by atoms with Gasteiger partial charge in [0.2, 0.25) is 9.04 Å². The van der Waals surface area contributed by atoms with Crippen molar-refractivity contribution in [3.8, 4) is 12.1 Å². The van der Waals surface area contributed by atoms with E-state index in [-0.39, 0.29) is 11.1 Å². The van der Waals surface area contributed by atoms with E-state index in [0.717, 1.165) is 0 Å². The van der Waals surface area contributed by atoms with Crippen LogP contribution in [0.2, 0.25) is 11.1 Å². The Hall–Kier alpha value is -1.15. The number of hydrogen-bond donors (Lipinski definition) is 0.